The molecule has 4 nitrogen and oxygen atoms in total. The number of aliphatic carboxylic acids is 1. The zero-order valence-corrected chi connectivity index (χ0v) is 11.8. The van der Waals surface area contributed by atoms with Crippen molar-refractivity contribution in [2.75, 3.05) is 13.1 Å². The monoisotopic (exact) mass is 287 g/mol. The summed E-state index contributed by atoms with van der Waals surface area (Å²) < 4.78 is 28.8. The Labute approximate surface area is 117 Å². The highest BCUT2D eigenvalue weighted by atomic mass is 19.3. The van der Waals surface area contributed by atoms with E-state index in [0.29, 0.717) is 18.7 Å². The van der Waals surface area contributed by atoms with E-state index in [2.05, 4.69) is 4.74 Å². The minimum absolute atomic E-state index is 0.0443. The fraction of sp³-hybridized carbons (Fsp3) is 0.500. The first-order valence-corrected chi connectivity index (χ1v) is 6.40. The van der Waals surface area contributed by atoms with Gasteiger partial charge >= 0.3 is 12.6 Å². The highest BCUT2D eigenvalue weighted by Gasteiger charge is 2.40. The molecule has 0 spiro atoms. The van der Waals surface area contributed by atoms with Crippen LogP contribution in [0.3, 0.4) is 0 Å². The van der Waals surface area contributed by atoms with E-state index in [0.717, 1.165) is 0 Å². The summed E-state index contributed by atoms with van der Waals surface area (Å²) in [7, 11) is 0. The Balaban J connectivity index is 3.25. The molecule has 0 heterocycles. The maximum atomic E-state index is 12.2. The summed E-state index contributed by atoms with van der Waals surface area (Å²) in [6.07, 6.45) is 0. The lowest BCUT2D eigenvalue weighted by Gasteiger charge is -2.37. The van der Waals surface area contributed by atoms with Crippen molar-refractivity contribution in [1.29, 1.82) is 0 Å². The molecule has 1 unspecified atom stereocenters. The molecular formula is C14H19F2NO3. The van der Waals surface area contributed by atoms with Crippen LogP contribution in [-0.4, -0.2) is 35.7 Å². The Morgan fingerprint density at radius 2 is 2.00 bits per heavy atom. The van der Waals surface area contributed by atoms with Crippen molar-refractivity contribution in [3.05, 3.63) is 29.8 Å². The van der Waals surface area contributed by atoms with Gasteiger partial charge in [0.05, 0.1) is 0 Å². The molecule has 0 radical (unpaired) electrons. The van der Waals surface area contributed by atoms with E-state index in [1.54, 1.807) is 17.9 Å². The van der Waals surface area contributed by atoms with Gasteiger partial charge in [-0.2, -0.15) is 8.78 Å². The number of carbonyl (C=O) groups is 1. The van der Waals surface area contributed by atoms with Gasteiger partial charge in [-0.15, -0.1) is 0 Å². The van der Waals surface area contributed by atoms with Gasteiger partial charge in [0.2, 0.25) is 0 Å². The zero-order valence-electron chi connectivity index (χ0n) is 11.8. The van der Waals surface area contributed by atoms with Gasteiger partial charge < -0.3 is 9.84 Å². The lowest BCUT2D eigenvalue weighted by molar-refractivity contribution is -0.151. The number of hydrogen-bond acceptors (Lipinski definition) is 3. The molecule has 0 fully saturated rings. The SMILES string of the molecule is CCN(CC)C(C)(C(=O)O)c1cccc(OC(F)F)c1. The van der Waals surface area contributed by atoms with Gasteiger partial charge in [-0.1, -0.05) is 26.0 Å². The fourth-order valence-corrected chi connectivity index (χ4v) is 2.27. The van der Waals surface area contributed by atoms with E-state index < -0.39 is 18.1 Å². The van der Waals surface area contributed by atoms with E-state index in [1.807, 2.05) is 13.8 Å². The van der Waals surface area contributed by atoms with Crippen molar-refractivity contribution in [3.63, 3.8) is 0 Å². The summed E-state index contributed by atoms with van der Waals surface area (Å²) in [5.74, 6) is -1.08. The van der Waals surface area contributed by atoms with Crippen LogP contribution in [0, 0.1) is 0 Å². The first kappa shape index (κ1) is 16.4. The minimum atomic E-state index is -2.94. The standard InChI is InChI=1S/C14H19F2NO3/c1-4-17(5-2)14(3,12(18)19)10-7-6-8-11(9-10)20-13(15)16/h6-9,13H,4-5H2,1-3H3,(H,18,19). The normalized spacial score (nSPS) is 14.3. The molecule has 0 saturated carbocycles. The maximum Gasteiger partial charge on any atom is 0.387 e. The van der Waals surface area contributed by atoms with Crippen molar-refractivity contribution in [2.24, 2.45) is 0 Å². The Hall–Kier alpha value is -1.69. The van der Waals surface area contributed by atoms with Crippen LogP contribution in [0.15, 0.2) is 24.3 Å². The number of ether oxygens (including phenoxy) is 1. The van der Waals surface area contributed by atoms with E-state index in [1.165, 1.54) is 18.2 Å². The molecule has 0 aliphatic rings. The lowest BCUT2D eigenvalue weighted by Crippen LogP contribution is -2.49. The molecule has 1 aromatic rings. The van der Waals surface area contributed by atoms with Crippen LogP contribution in [0.1, 0.15) is 26.3 Å². The van der Waals surface area contributed by atoms with Crippen LogP contribution in [0.4, 0.5) is 8.78 Å². The van der Waals surface area contributed by atoms with Crippen molar-refractivity contribution >= 4 is 5.97 Å². The van der Waals surface area contributed by atoms with Gasteiger partial charge in [-0.05, 0) is 37.7 Å². The third kappa shape index (κ3) is 3.25. The Kier molecular flexibility index (Phi) is 5.44. The lowest BCUT2D eigenvalue weighted by atomic mass is 9.89. The van der Waals surface area contributed by atoms with Gasteiger partial charge in [-0.3, -0.25) is 4.90 Å². The number of nitrogens with zero attached hydrogens (tertiary/aromatic N) is 1. The molecule has 112 valence electrons. The molecule has 0 bridgehead atoms. The van der Waals surface area contributed by atoms with Gasteiger partial charge in [-0.25, -0.2) is 4.79 Å². The number of carboxylic acid groups (broad SMARTS) is 1. The molecule has 1 rings (SSSR count). The molecule has 0 aliphatic carbocycles. The maximum absolute atomic E-state index is 12.2. The van der Waals surface area contributed by atoms with E-state index in [-0.39, 0.29) is 5.75 Å². The van der Waals surface area contributed by atoms with Gasteiger partial charge in [0.25, 0.3) is 0 Å². The van der Waals surface area contributed by atoms with Crippen LogP contribution in [0.5, 0.6) is 5.75 Å². The quantitative estimate of drug-likeness (QED) is 0.837. The van der Waals surface area contributed by atoms with Crippen LogP contribution >= 0.6 is 0 Å². The number of carboxylic acids is 1. The molecule has 6 heteroatoms. The molecule has 1 atom stereocenters. The number of hydrogen-bond donors (Lipinski definition) is 1. The van der Waals surface area contributed by atoms with Crippen molar-refractivity contribution in [1.82, 2.24) is 4.90 Å². The largest absolute Gasteiger partial charge is 0.480 e. The smallest absolute Gasteiger partial charge is 0.387 e. The third-order valence-corrected chi connectivity index (χ3v) is 3.43. The second-order valence-electron chi connectivity index (χ2n) is 4.46. The topological polar surface area (TPSA) is 49.8 Å². The molecule has 1 N–H and O–H groups in total. The van der Waals surface area contributed by atoms with Gasteiger partial charge in [0.1, 0.15) is 11.3 Å². The molecular weight excluding hydrogens is 268 g/mol. The highest BCUT2D eigenvalue weighted by molar-refractivity contribution is 5.80. The molecule has 0 aliphatic heterocycles. The van der Waals surface area contributed by atoms with Crippen LogP contribution in [0.2, 0.25) is 0 Å². The highest BCUT2D eigenvalue weighted by Crippen LogP contribution is 2.31. The van der Waals surface area contributed by atoms with Gasteiger partial charge in [0, 0.05) is 0 Å². The summed E-state index contributed by atoms with van der Waals surface area (Å²) in [5, 5.41) is 9.56. The predicted octanol–water partition coefficient (Wildman–Crippen LogP) is 2.93. The van der Waals surface area contributed by atoms with Crippen LogP contribution < -0.4 is 4.74 Å². The number of alkyl halides is 2. The van der Waals surface area contributed by atoms with Crippen molar-refractivity contribution in [2.45, 2.75) is 32.9 Å². The number of rotatable bonds is 7. The van der Waals surface area contributed by atoms with E-state index in [9.17, 15) is 18.7 Å². The average Bonchev–Trinajstić information content (AvgIpc) is 2.39. The van der Waals surface area contributed by atoms with Gasteiger partial charge in [0.15, 0.2) is 0 Å². The summed E-state index contributed by atoms with van der Waals surface area (Å²) in [4.78, 5) is 13.4. The summed E-state index contributed by atoms with van der Waals surface area (Å²) in [5.41, 5.74) is -0.878. The molecule has 20 heavy (non-hydrogen) atoms. The molecule has 1 aromatic carbocycles. The minimum Gasteiger partial charge on any atom is -0.480 e. The van der Waals surface area contributed by atoms with Crippen LogP contribution in [0.25, 0.3) is 0 Å². The summed E-state index contributed by atoms with van der Waals surface area (Å²) >= 11 is 0. The van der Waals surface area contributed by atoms with E-state index >= 15 is 0 Å². The zero-order chi connectivity index (χ0) is 15.3. The second-order valence-corrected chi connectivity index (χ2v) is 4.46. The summed E-state index contributed by atoms with van der Waals surface area (Å²) in [6.45, 7) is 3.38. The number of halogens is 2. The first-order valence-electron chi connectivity index (χ1n) is 6.40. The first-order chi connectivity index (χ1) is 9.36. The van der Waals surface area contributed by atoms with Crippen LogP contribution in [-0.2, 0) is 10.3 Å². The molecule has 0 aromatic heterocycles. The Morgan fingerprint density at radius 1 is 1.40 bits per heavy atom. The second kappa shape index (κ2) is 6.65. The number of likely N-dealkylation sites (N-methyl/N-ethyl adjacent to an activating group) is 1. The number of benzene rings is 1. The molecule has 0 saturated heterocycles. The van der Waals surface area contributed by atoms with E-state index in [4.69, 9.17) is 0 Å². The third-order valence-electron chi connectivity index (χ3n) is 3.43. The summed E-state index contributed by atoms with van der Waals surface area (Å²) in [6, 6.07) is 5.83. The van der Waals surface area contributed by atoms with Crippen molar-refractivity contribution in [3.8, 4) is 5.75 Å². The average molecular weight is 287 g/mol. The Bertz CT molecular complexity index is 463. The molecule has 0 amide bonds. The predicted molar refractivity (Wildman–Crippen MR) is 71.0 cm³/mol. The van der Waals surface area contributed by atoms with Crippen molar-refractivity contribution < 1.29 is 23.4 Å². The Morgan fingerprint density at radius 3 is 2.45 bits per heavy atom. The fourth-order valence-electron chi connectivity index (χ4n) is 2.27.